The predicted octanol–water partition coefficient (Wildman–Crippen LogP) is 6.45. The van der Waals surface area contributed by atoms with Gasteiger partial charge in [0.25, 0.3) is 10.0 Å². The molecule has 2 aromatic carbocycles. The van der Waals surface area contributed by atoms with Gasteiger partial charge >= 0.3 is 0 Å². The third kappa shape index (κ3) is 6.15. The first-order chi connectivity index (χ1) is 15.8. The minimum Gasteiger partial charge on any atom is -0.301 e. The number of hydrogen-bond acceptors (Lipinski definition) is 7. The van der Waals surface area contributed by atoms with Crippen molar-refractivity contribution in [3.05, 3.63) is 76.4 Å². The van der Waals surface area contributed by atoms with Crippen LogP contribution in [0.3, 0.4) is 0 Å². The summed E-state index contributed by atoms with van der Waals surface area (Å²) in [6.07, 6.45) is 0. The van der Waals surface area contributed by atoms with Crippen molar-refractivity contribution in [3.63, 3.8) is 0 Å². The number of benzene rings is 2. The second-order valence-electron chi connectivity index (χ2n) is 6.86. The molecule has 2 heterocycles. The maximum absolute atomic E-state index is 12.6. The molecule has 0 aliphatic carbocycles. The van der Waals surface area contributed by atoms with Crippen LogP contribution < -0.4 is 10.0 Å². The van der Waals surface area contributed by atoms with E-state index in [1.54, 1.807) is 60.8 Å². The van der Waals surface area contributed by atoms with Crippen LogP contribution >= 0.6 is 46.0 Å². The van der Waals surface area contributed by atoms with E-state index in [4.69, 9.17) is 11.6 Å². The zero-order valence-electron chi connectivity index (χ0n) is 17.2. The molecule has 11 heteroatoms. The largest absolute Gasteiger partial charge is 0.301 e. The molecule has 0 radical (unpaired) electrons. The Morgan fingerprint density at radius 3 is 2.45 bits per heavy atom. The van der Waals surface area contributed by atoms with Crippen molar-refractivity contribution >= 4 is 72.8 Å². The first-order valence-corrected chi connectivity index (χ1v) is 14.2. The number of aromatic nitrogens is 1. The molecule has 1 unspecified atom stereocenters. The summed E-state index contributed by atoms with van der Waals surface area (Å²) in [5, 5.41) is 7.25. The van der Waals surface area contributed by atoms with Crippen molar-refractivity contribution in [2.45, 2.75) is 21.3 Å². The lowest BCUT2D eigenvalue weighted by atomic mass is 10.2. The summed E-state index contributed by atoms with van der Waals surface area (Å²) in [5.41, 5.74) is 2.16. The van der Waals surface area contributed by atoms with E-state index in [0.29, 0.717) is 15.8 Å². The topological polar surface area (TPSA) is 88.2 Å². The maximum Gasteiger partial charge on any atom is 0.271 e. The third-order valence-corrected chi connectivity index (χ3v) is 9.32. The van der Waals surface area contributed by atoms with Gasteiger partial charge in [-0.15, -0.1) is 34.4 Å². The van der Waals surface area contributed by atoms with Crippen molar-refractivity contribution in [2.75, 3.05) is 10.0 Å². The van der Waals surface area contributed by atoms with E-state index in [-0.39, 0.29) is 15.4 Å². The van der Waals surface area contributed by atoms with Gasteiger partial charge in [-0.05, 0) is 54.8 Å². The predicted molar refractivity (Wildman–Crippen MR) is 138 cm³/mol. The van der Waals surface area contributed by atoms with E-state index < -0.39 is 10.0 Å². The average molecular weight is 536 g/mol. The second-order valence-corrected chi connectivity index (χ2v) is 12.4. The number of nitrogens with zero attached hydrogens (tertiary/aromatic N) is 1. The van der Waals surface area contributed by atoms with Crippen molar-refractivity contribution < 1.29 is 13.2 Å². The Labute approximate surface area is 209 Å². The van der Waals surface area contributed by atoms with Gasteiger partial charge in [-0.2, -0.15) is 0 Å². The smallest absolute Gasteiger partial charge is 0.271 e. The number of anilines is 2. The molecule has 2 aromatic heterocycles. The highest BCUT2D eigenvalue weighted by molar-refractivity contribution is 8.00. The minimum atomic E-state index is -3.59. The monoisotopic (exact) mass is 535 g/mol. The first-order valence-electron chi connectivity index (χ1n) is 9.65. The van der Waals surface area contributed by atoms with Gasteiger partial charge in [0.15, 0.2) is 5.13 Å². The molecule has 2 N–H and O–H groups in total. The second kappa shape index (κ2) is 10.3. The van der Waals surface area contributed by atoms with Crippen molar-refractivity contribution in [1.29, 1.82) is 0 Å². The van der Waals surface area contributed by atoms with Gasteiger partial charge < -0.3 is 5.32 Å². The minimum absolute atomic E-state index is 0.167. The Morgan fingerprint density at radius 1 is 1.06 bits per heavy atom. The van der Waals surface area contributed by atoms with Gasteiger partial charge in [0.05, 0.1) is 10.9 Å². The summed E-state index contributed by atoms with van der Waals surface area (Å²) in [5.74, 6) is -0.167. The maximum atomic E-state index is 12.6. The molecule has 0 saturated carbocycles. The summed E-state index contributed by atoms with van der Waals surface area (Å²) >= 11 is 9.81. The van der Waals surface area contributed by atoms with Crippen molar-refractivity contribution in [2.24, 2.45) is 0 Å². The molecule has 0 bridgehead atoms. The molecule has 33 heavy (non-hydrogen) atoms. The Morgan fingerprint density at radius 2 is 1.79 bits per heavy atom. The number of carbonyl (C=O) groups excluding carboxylic acids is 1. The Hall–Kier alpha value is -2.37. The van der Waals surface area contributed by atoms with E-state index in [1.807, 2.05) is 17.5 Å². The highest BCUT2D eigenvalue weighted by Gasteiger charge is 2.18. The van der Waals surface area contributed by atoms with Crippen molar-refractivity contribution in [3.8, 4) is 11.3 Å². The summed E-state index contributed by atoms with van der Waals surface area (Å²) < 4.78 is 27.5. The molecular formula is C22H18ClN3O3S4. The van der Waals surface area contributed by atoms with E-state index >= 15 is 0 Å². The molecule has 0 aliphatic heterocycles. The molecule has 6 nitrogen and oxygen atoms in total. The molecule has 4 aromatic rings. The van der Waals surface area contributed by atoms with Gasteiger partial charge in [-0.3, -0.25) is 9.52 Å². The van der Waals surface area contributed by atoms with Crippen LogP contribution in [0.2, 0.25) is 5.02 Å². The SMILES string of the molecule is CC(Sc1ccc(NS(=O)(=O)c2cccs2)cc1)C(=O)Nc1nc(-c2ccc(Cl)cc2)cs1. The van der Waals surface area contributed by atoms with Crippen LogP contribution in [0.4, 0.5) is 10.8 Å². The number of thiophene rings is 1. The van der Waals surface area contributed by atoms with Crippen LogP contribution in [0.1, 0.15) is 6.92 Å². The number of halogens is 1. The Balaban J connectivity index is 1.34. The number of amides is 1. The van der Waals surface area contributed by atoms with Crippen LogP contribution in [0, 0.1) is 0 Å². The zero-order valence-corrected chi connectivity index (χ0v) is 21.2. The van der Waals surface area contributed by atoms with E-state index in [1.165, 1.54) is 23.1 Å². The van der Waals surface area contributed by atoms with Gasteiger partial charge in [-0.25, -0.2) is 13.4 Å². The molecule has 0 fully saturated rings. The van der Waals surface area contributed by atoms with Crippen LogP contribution in [-0.4, -0.2) is 24.6 Å². The fourth-order valence-corrected chi connectivity index (χ4v) is 6.54. The number of sulfonamides is 1. The number of carbonyl (C=O) groups is 1. The third-order valence-electron chi connectivity index (χ3n) is 4.42. The highest BCUT2D eigenvalue weighted by Crippen LogP contribution is 2.29. The summed E-state index contributed by atoms with van der Waals surface area (Å²) in [6.45, 7) is 1.81. The number of thioether (sulfide) groups is 1. The standard InChI is InChI=1S/C22H18ClN3O3S4/c1-14(21(27)25-22-24-19(13-31-22)15-4-6-16(23)7-5-15)32-18-10-8-17(9-11-18)26-33(28,29)20-3-2-12-30-20/h2-14,26H,1H3,(H,24,25,27). The number of hydrogen-bond donors (Lipinski definition) is 2. The van der Waals surface area contributed by atoms with E-state index in [0.717, 1.165) is 27.5 Å². The summed E-state index contributed by atoms with van der Waals surface area (Å²) in [4.78, 5) is 17.9. The molecule has 4 rings (SSSR count). The van der Waals surface area contributed by atoms with E-state index in [2.05, 4.69) is 15.0 Å². The van der Waals surface area contributed by atoms with Crippen LogP contribution in [0.5, 0.6) is 0 Å². The fourth-order valence-electron chi connectivity index (χ4n) is 2.77. The summed E-state index contributed by atoms with van der Waals surface area (Å²) in [6, 6.07) is 17.5. The Bertz CT molecular complexity index is 1340. The molecule has 170 valence electrons. The first kappa shape index (κ1) is 23.8. The zero-order chi connectivity index (χ0) is 23.4. The van der Waals surface area contributed by atoms with Gasteiger partial charge in [0.2, 0.25) is 5.91 Å². The normalized spacial score (nSPS) is 12.3. The molecule has 1 atom stereocenters. The number of rotatable bonds is 8. The van der Waals surface area contributed by atoms with Crippen LogP contribution in [-0.2, 0) is 14.8 Å². The Kier molecular flexibility index (Phi) is 7.40. The highest BCUT2D eigenvalue weighted by atomic mass is 35.5. The lowest BCUT2D eigenvalue weighted by Crippen LogP contribution is -2.22. The van der Waals surface area contributed by atoms with Crippen LogP contribution in [0.25, 0.3) is 11.3 Å². The fraction of sp³-hybridized carbons (Fsp3) is 0.0909. The van der Waals surface area contributed by atoms with Gasteiger partial charge in [0, 0.05) is 26.5 Å². The van der Waals surface area contributed by atoms with Gasteiger partial charge in [0.1, 0.15) is 4.21 Å². The lowest BCUT2D eigenvalue weighted by molar-refractivity contribution is -0.115. The summed E-state index contributed by atoms with van der Waals surface area (Å²) in [7, 11) is -3.59. The number of nitrogens with one attached hydrogen (secondary N) is 2. The van der Waals surface area contributed by atoms with E-state index in [9.17, 15) is 13.2 Å². The molecular weight excluding hydrogens is 518 g/mol. The average Bonchev–Trinajstić information content (AvgIpc) is 3.48. The molecule has 0 saturated heterocycles. The lowest BCUT2D eigenvalue weighted by Gasteiger charge is -2.11. The van der Waals surface area contributed by atoms with Crippen molar-refractivity contribution in [1.82, 2.24) is 4.98 Å². The van der Waals surface area contributed by atoms with Gasteiger partial charge in [-0.1, -0.05) is 29.8 Å². The molecule has 0 spiro atoms. The molecule has 1 amide bonds. The quantitative estimate of drug-likeness (QED) is 0.253. The number of thiazole rings is 1. The molecule has 0 aliphatic rings. The van der Waals surface area contributed by atoms with Crippen LogP contribution in [0.15, 0.2) is 80.5 Å².